The third-order valence-corrected chi connectivity index (χ3v) is 11.7. The van der Waals surface area contributed by atoms with Crippen LogP contribution in [0.1, 0.15) is 89.7 Å². The van der Waals surface area contributed by atoms with E-state index in [4.69, 9.17) is 14.5 Å². The average Bonchev–Trinajstić information content (AvgIpc) is 3.50. The van der Waals surface area contributed by atoms with Crippen molar-refractivity contribution in [2.24, 2.45) is 5.92 Å². The van der Waals surface area contributed by atoms with Gasteiger partial charge in [0.2, 0.25) is 21.8 Å². The number of benzene rings is 1. The van der Waals surface area contributed by atoms with Crippen molar-refractivity contribution in [2.75, 3.05) is 13.7 Å². The van der Waals surface area contributed by atoms with E-state index in [2.05, 4.69) is 34.3 Å². The van der Waals surface area contributed by atoms with Crippen molar-refractivity contribution in [3.05, 3.63) is 54.4 Å². The van der Waals surface area contributed by atoms with E-state index < -0.39 is 38.7 Å². The van der Waals surface area contributed by atoms with Crippen LogP contribution in [0.25, 0.3) is 16.7 Å². The smallest absolute Gasteiger partial charge is 0.259 e. The lowest BCUT2D eigenvalue weighted by molar-refractivity contribution is -0.132. The number of ether oxygens (including phenoxy) is 2. The van der Waals surface area contributed by atoms with Gasteiger partial charge in [0.15, 0.2) is 5.82 Å². The number of methoxy groups -OCH3 is 1. The second kappa shape index (κ2) is 14.8. The molecule has 2 saturated carbocycles. The highest BCUT2D eigenvalue weighted by Crippen LogP contribution is 2.45. The Bertz CT molecular complexity index is 1890. The molecule has 268 valence electrons. The van der Waals surface area contributed by atoms with Crippen LogP contribution in [-0.2, 0) is 24.4 Å². The number of fused-ring (bicyclic) bond motifs is 2. The number of rotatable bonds is 10. The molecule has 0 unspecified atom stereocenters. The second-order valence-electron chi connectivity index (χ2n) is 13.8. The molecule has 2 fully saturated rings. The van der Waals surface area contributed by atoms with Crippen LogP contribution in [0, 0.1) is 5.92 Å². The fourth-order valence-electron chi connectivity index (χ4n) is 6.38. The van der Waals surface area contributed by atoms with Gasteiger partial charge in [0, 0.05) is 42.5 Å². The van der Waals surface area contributed by atoms with Gasteiger partial charge in [0.05, 0.1) is 30.2 Å². The molecule has 6 rings (SSSR count). The molecule has 14 heteroatoms. The van der Waals surface area contributed by atoms with Gasteiger partial charge in [-0.3, -0.25) is 19.1 Å². The Balaban J connectivity index is 1.23. The lowest BCUT2D eigenvalue weighted by Crippen LogP contribution is -2.58. The first kappa shape index (κ1) is 35.4. The molecular weight excluding hydrogens is 660 g/mol. The SMILES string of the molecule is COc1ccc2c(OCC[C@@H]3NC(=O)CCCCC/C=C\[C@@H]4C[C@@]4(C(=O)NS(=O)(=O)C4CCC4)NC3=O)cc(-n3ccc(C(C)C)n3)nc2c1. The minimum atomic E-state index is -3.86. The van der Waals surface area contributed by atoms with Crippen LogP contribution in [0.3, 0.4) is 0 Å². The van der Waals surface area contributed by atoms with Crippen LogP contribution in [0.15, 0.2) is 48.7 Å². The Morgan fingerprint density at radius 2 is 1.94 bits per heavy atom. The summed E-state index contributed by atoms with van der Waals surface area (Å²) in [4.78, 5) is 45.3. The Kier molecular flexibility index (Phi) is 10.5. The number of hydrogen-bond acceptors (Lipinski definition) is 9. The topological polar surface area (TPSA) is 171 Å². The zero-order chi connectivity index (χ0) is 35.5. The van der Waals surface area contributed by atoms with Crippen molar-refractivity contribution in [3.63, 3.8) is 0 Å². The number of nitrogens with zero attached hydrogens (tertiary/aromatic N) is 3. The Morgan fingerprint density at radius 1 is 1.12 bits per heavy atom. The fraction of sp³-hybridized carbons (Fsp3) is 0.528. The second-order valence-corrected chi connectivity index (χ2v) is 15.7. The fourth-order valence-corrected chi connectivity index (χ4v) is 7.94. The molecule has 0 spiro atoms. The molecule has 0 bridgehead atoms. The monoisotopic (exact) mass is 706 g/mol. The summed E-state index contributed by atoms with van der Waals surface area (Å²) < 4.78 is 41.4. The summed E-state index contributed by atoms with van der Waals surface area (Å²) in [5, 5.41) is 10.5. The number of aromatic nitrogens is 3. The molecule has 2 aliphatic carbocycles. The molecule has 3 aliphatic rings. The summed E-state index contributed by atoms with van der Waals surface area (Å²) >= 11 is 0. The minimum Gasteiger partial charge on any atom is -0.497 e. The molecule has 3 amide bonds. The highest BCUT2D eigenvalue weighted by atomic mass is 32.2. The van der Waals surface area contributed by atoms with E-state index in [1.165, 1.54) is 0 Å². The van der Waals surface area contributed by atoms with Gasteiger partial charge in [-0.1, -0.05) is 38.8 Å². The number of nitrogens with one attached hydrogen (secondary N) is 3. The first-order valence-corrected chi connectivity index (χ1v) is 19.1. The van der Waals surface area contributed by atoms with Crippen molar-refractivity contribution in [3.8, 4) is 17.3 Å². The van der Waals surface area contributed by atoms with E-state index in [1.54, 1.807) is 23.9 Å². The summed E-state index contributed by atoms with van der Waals surface area (Å²) in [7, 11) is -2.28. The first-order valence-electron chi connectivity index (χ1n) is 17.5. The van der Waals surface area contributed by atoms with Gasteiger partial charge in [-0.15, -0.1) is 0 Å². The number of pyridine rings is 1. The minimum absolute atomic E-state index is 0.0396. The van der Waals surface area contributed by atoms with E-state index in [9.17, 15) is 22.8 Å². The third kappa shape index (κ3) is 7.79. The molecule has 1 aromatic carbocycles. The number of hydrogen-bond donors (Lipinski definition) is 3. The molecule has 50 heavy (non-hydrogen) atoms. The molecule has 3 heterocycles. The highest BCUT2D eigenvalue weighted by Gasteiger charge is 2.61. The maximum absolute atomic E-state index is 13.9. The standard InChI is InChI=1S/C36H46N6O7S/c1-23(2)28-16-18-42(40-28)32-21-31(27-15-14-25(48-3)20-30(27)37-32)49-19-17-29-34(44)39-36(35(45)41-50(46,47)26-11-9-12-26)22-24(36)10-7-5-4-6-8-13-33(43)38-29/h7,10,14-16,18,20-21,23-24,26,29H,4-6,8-9,11-13,17,19,22H2,1-3H3,(H,38,43)(H,39,44)(H,41,45)/b10-7-/t24-,29+,36-/m1/s1. The van der Waals surface area contributed by atoms with Crippen molar-refractivity contribution in [2.45, 2.75) is 101 Å². The molecular formula is C36H46N6O7S. The average molecular weight is 707 g/mol. The molecule has 0 radical (unpaired) electrons. The van der Waals surface area contributed by atoms with Gasteiger partial charge in [-0.05, 0) is 62.6 Å². The van der Waals surface area contributed by atoms with Crippen molar-refractivity contribution < 1.29 is 32.3 Å². The van der Waals surface area contributed by atoms with Gasteiger partial charge in [-0.25, -0.2) is 18.1 Å². The predicted octanol–water partition coefficient (Wildman–Crippen LogP) is 4.20. The summed E-state index contributed by atoms with van der Waals surface area (Å²) in [6, 6.07) is 8.15. The van der Waals surface area contributed by atoms with Crippen LogP contribution in [-0.4, -0.2) is 71.5 Å². The first-order chi connectivity index (χ1) is 24.0. The molecule has 3 atom stereocenters. The van der Waals surface area contributed by atoms with E-state index >= 15 is 0 Å². The Morgan fingerprint density at radius 3 is 2.66 bits per heavy atom. The maximum atomic E-state index is 13.9. The highest BCUT2D eigenvalue weighted by molar-refractivity contribution is 7.90. The number of carbonyl (C=O) groups is 3. The third-order valence-electron chi connectivity index (χ3n) is 9.85. The summed E-state index contributed by atoms with van der Waals surface area (Å²) in [6.45, 7) is 4.16. The van der Waals surface area contributed by atoms with Crippen LogP contribution >= 0.6 is 0 Å². The van der Waals surface area contributed by atoms with Crippen LogP contribution < -0.4 is 24.8 Å². The zero-order valence-electron chi connectivity index (χ0n) is 28.8. The van der Waals surface area contributed by atoms with Crippen molar-refractivity contribution >= 4 is 38.6 Å². The van der Waals surface area contributed by atoms with Crippen molar-refractivity contribution in [1.82, 2.24) is 30.1 Å². The van der Waals surface area contributed by atoms with Gasteiger partial charge in [-0.2, -0.15) is 5.10 Å². The molecule has 3 aromatic rings. The molecule has 3 N–H and O–H groups in total. The van der Waals surface area contributed by atoms with Gasteiger partial charge < -0.3 is 20.1 Å². The van der Waals surface area contributed by atoms with Gasteiger partial charge in [0.1, 0.15) is 23.1 Å². The van der Waals surface area contributed by atoms with E-state index in [0.717, 1.165) is 36.8 Å². The number of allylic oxidation sites excluding steroid dienone is 1. The van der Waals surface area contributed by atoms with E-state index in [1.807, 2.05) is 36.5 Å². The Hall–Kier alpha value is -4.46. The number of amides is 3. The molecule has 1 aliphatic heterocycles. The quantitative estimate of drug-likeness (QED) is 0.262. The summed E-state index contributed by atoms with van der Waals surface area (Å²) in [5.74, 6) is -0.0637. The molecule has 2 aromatic heterocycles. The van der Waals surface area contributed by atoms with Crippen LogP contribution in [0.5, 0.6) is 11.5 Å². The number of sulfonamides is 1. The maximum Gasteiger partial charge on any atom is 0.259 e. The van der Waals surface area contributed by atoms with E-state index in [-0.39, 0.29) is 43.6 Å². The van der Waals surface area contributed by atoms with Gasteiger partial charge in [0.25, 0.3) is 5.91 Å². The van der Waals surface area contributed by atoms with Gasteiger partial charge >= 0.3 is 0 Å². The zero-order valence-corrected chi connectivity index (χ0v) is 29.6. The lowest BCUT2D eigenvalue weighted by atomic mass is 10.0. The lowest BCUT2D eigenvalue weighted by Gasteiger charge is -2.28. The van der Waals surface area contributed by atoms with Crippen LogP contribution in [0.2, 0.25) is 0 Å². The van der Waals surface area contributed by atoms with E-state index in [0.29, 0.717) is 42.1 Å². The Labute approximate surface area is 292 Å². The number of carbonyl (C=O) groups excluding carboxylic acids is 3. The van der Waals surface area contributed by atoms with Crippen molar-refractivity contribution in [1.29, 1.82) is 0 Å². The molecule has 13 nitrogen and oxygen atoms in total. The van der Waals surface area contributed by atoms with Crippen LogP contribution in [0.4, 0.5) is 0 Å². The largest absolute Gasteiger partial charge is 0.497 e. The normalized spacial score (nSPS) is 23.9. The summed E-state index contributed by atoms with van der Waals surface area (Å²) in [5.41, 5.74) is 0.114. The predicted molar refractivity (Wildman–Crippen MR) is 187 cm³/mol. The summed E-state index contributed by atoms with van der Waals surface area (Å²) in [6.07, 6.45) is 11.3. The molecule has 0 saturated heterocycles.